The number of furan rings is 1. The Balaban J connectivity index is 1.20. The third kappa shape index (κ3) is 5.20. The van der Waals surface area contributed by atoms with E-state index in [0.717, 1.165) is 47.2 Å². The minimum absolute atomic E-state index is 0.0527. The fourth-order valence-corrected chi connectivity index (χ4v) is 8.32. The molecule has 11 aromatic rings. The second-order valence-electron chi connectivity index (χ2n) is 12.7. The monoisotopic (exact) mass is 735 g/mol. The number of thiophene rings is 1. The standard InChI is InChI=1S/C50H31N3OS/c1-3-15-33(16-4-1)37-22-9-11-26-42(37)53(35-19-5-2-6-20-35)43-27-14-25-40-38-30-29-34(31-44(38)54-48(40)43)50-51-46(39-24-13-18-32-17-7-8-21-36(32)39)49-47(52-50)41-23-10-12-28-45(41)55-49/h1-31H/i1D,2D,3D,4D,5D,6D,9D,11D,15D,16D,19D,20D,22D,26D. The van der Waals surface area contributed by atoms with E-state index >= 15 is 0 Å². The van der Waals surface area contributed by atoms with Gasteiger partial charge in [-0.25, -0.2) is 9.97 Å². The first-order chi connectivity index (χ1) is 33.1. The lowest BCUT2D eigenvalue weighted by Crippen LogP contribution is -2.11. The van der Waals surface area contributed by atoms with Crippen molar-refractivity contribution in [3.8, 4) is 33.8 Å². The van der Waals surface area contributed by atoms with Crippen molar-refractivity contribution in [1.29, 1.82) is 0 Å². The zero-order valence-electron chi connectivity index (χ0n) is 42.5. The van der Waals surface area contributed by atoms with Crippen molar-refractivity contribution in [1.82, 2.24) is 9.97 Å². The van der Waals surface area contributed by atoms with Crippen LogP contribution in [0, 0.1) is 0 Å². The van der Waals surface area contributed by atoms with Crippen LogP contribution in [0.2, 0.25) is 0 Å². The summed E-state index contributed by atoms with van der Waals surface area (Å²) in [5.41, 5.74) is 1.08. The van der Waals surface area contributed by atoms with E-state index in [-0.39, 0.29) is 11.3 Å². The number of hydrogen-bond donors (Lipinski definition) is 0. The van der Waals surface area contributed by atoms with Gasteiger partial charge in [-0.1, -0.05) is 145 Å². The molecule has 0 aliphatic rings. The maximum Gasteiger partial charge on any atom is 0.160 e. The summed E-state index contributed by atoms with van der Waals surface area (Å²) in [7, 11) is 0. The van der Waals surface area contributed by atoms with Gasteiger partial charge in [0, 0.05) is 43.2 Å². The molecule has 55 heavy (non-hydrogen) atoms. The van der Waals surface area contributed by atoms with Crippen LogP contribution in [0.5, 0.6) is 0 Å². The maximum absolute atomic E-state index is 9.41. The van der Waals surface area contributed by atoms with Gasteiger partial charge < -0.3 is 9.32 Å². The Morgan fingerprint density at radius 2 is 1.27 bits per heavy atom. The van der Waals surface area contributed by atoms with Gasteiger partial charge in [0.15, 0.2) is 11.4 Å². The number of rotatable bonds is 6. The van der Waals surface area contributed by atoms with Crippen molar-refractivity contribution in [2.45, 2.75) is 0 Å². The number of benzene rings is 8. The first-order valence-electron chi connectivity index (χ1n) is 24.3. The van der Waals surface area contributed by atoms with E-state index in [4.69, 9.17) is 28.1 Å². The second kappa shape index (κ2) is 12.8. The van der Waals surface area contributed by atoms with Crippen LogP contribution >= 0.6 is 11.3 Å². The highest BCUT2D eigenvalue weighted by atomic mass is 32.1. The molecule has 0 saturated heterocycles. The van der Waals surface area contributed by atoms with Crippen LogP contribution in [0.1, 0.15) is 19.2 Å². The van der Waals surface area contributed by atoms with E-state index in [0.29, 0.717) is 27.7 Å². The van der Waals surface area contributed by atoms with E-state index in [1.54, 1.807) is 29.5 Å². The van der Waals surface area contributed by atoms with E-state index < -0.39 is 107 Å². The average Bonchev–Trinajstić information content (AvgIpc) is 3.94. The van der Waals surface area contributed by atoms with Crippen molar-refractivity contribution < 1.29 is 23.6 Å². The highest BCUT2D eigenvalue weighted by molar-refractivity contribution is 7.26. The van der Waals surface area contributed by atoms with Gasteiger partial charge >= 0.3 is 0 Å². The van der Waals surface area contributed by atoms with Gasteiger partial charge in [0.2, 0.25) is 0 Å². The van der Waals surface area contributed by atoms with E-state index in [1.807, 2.05) is 60.7 Å². The Bertz CT molecular complexity index is 4000. The number of hydrogen-bond acceptors (Lipinski definition) is 5. The summed E-state index contributed by atoms with van der Waals surface area (Å²) in [6, 6.07) is 21.6. The lowest BCUT2D eigenvalue weighted by atomic mass is 10.0. The van der Waals surface area contributed by atoms with Crippen LogP contribution in [0.25, 0.3) is 86.8 Å². The predicted molar refractivity (Wildman–Crippen MR) is 231 cm³/mol. The molecule has 11 rings (SSSR count). The summed E-state index contributed by atoms with van der Waals surface area (Å²) in [5, 5.41) is 4.08. The molecule has 0 atom stereocenters. The largest absolute Gasteiger partial charge is 0.454 e. The number of aromatic nitrogens is 2. The molecule has 3 aromatic heterocycles. The quantitative estimate of drug-likeness (QED) is 0.171. The summed E-state index contributed by atoms with van der Waals surface area (Å²) in [5.74, 6) is 0.404. The molecular formula is C50H31N3OS. The highest BCUT2D eigenvalue weighted by Gasteiger charge is 2.23. The fourth-order valence-electron chi connectivity index (χ4n) is 7.17. The first-order valence-corrected chi connectivity index (χ1v) is 18.1. The summed E-state index contributed by atoms with van der Waals surface area (Å²) >= 11 is 1.61. The Morgan fingerprint density at radius 1 is 0.545 bits per heavy atom. The number of fused-ring (bicyclic) bond motifs is 7. The minimum atomic E-state index is -0.805. The molecule has 0 unspecified atom stereocenters. The summed E-state index contributed by atoms with van der Waals surface area (Å²) < 4.78 is 132. The molecule has 5 heteroatoms. The van der Waals surface area contributed by atoms with Gasteiger partial charge in [0.05, 0.1) is 46.5 Å². The van der Waals surface area contributed by atoms with Crippen LogP contribution in [0.15, 0.2) is 192 Å². The van der Waals surface area contributed by atoms with E-state index in [1.165, 1.54) is 6.07 Å². The van der Waals surface area contributed by atoms with Crippen molar-refractivity contribution in [2.75, 3.05) is 4.90 Å². The van der Waals surface area contributed by atoms with Crippen LogP contribution in [-0.4, -0.2) is 9.97 Å². The molecule has 3 heterocycles. The Morgan fingerprint density at radius 3 is 2.16 bits per heavy atom. The summed E-state index contributed by atoms with van der Waals surface area (Å²) in [6.07, 6.45) is 0. The Hall–Kier alpha value is -7.08. The second-order valence-corrected chi connectivity index (χ2v) is 13.8. The number of nitrogens with zero attached hydrogens (tertiary/aromatic N) is 3. The lowest BCUT2D eigenvalue weighted by Gasteiger charge is -2.27. The van der Waals surface area contributed by atoms with Crippen LogP contribution in [0.3, 0.4) is 0 Å². The third-order valence-corrected chi connectivity index (χ3v) is 10.8. The number of anilines is 3. The Kier molecular flexibility index (Phi) is 4.75. The molecule has 4 nitrogen and oxygen atoms in total. The predicted octanol–water partition coefficient (Wildman–Crippen LogP) is 14.4. The SMILES string of the molecule is [2H]c1c([2H])c([2H])c(-c2c([2H])c([2H])c([2H])c([2H])c2N(c2c([2H])c([2H])c([2H])c([2H])c2[2H])c2cccc3c2oc2cc(-c4nc(-c5cccc6ccccc56)c5sc6ccccc6c5n4)ccc23)c([2H])c1[2H]. The molecule has 0 N–H and O–H groups in total. The fraction of sp³-hybridized carbons (Fsp3) is 0. The van der Waals surface area contributed by atoms with Gasteiger partial charge in [-0.2, -0.15) is 0 Å². The van der Waals surface area contributed by atoms with Gasteiger partial charge in [0.1, 0.15) is 5.58 Å². The normalized spacial score (nSPS) is 15.2. The zero-order valence-corrected chi connectivity index (χ0v) is 29.3. The van der Waals surface area contributed by atoms with E-state index in [9.17, 15) is 5.48 Å². The van der Waals surface area contributed by atoms with Crippen LogP contribution in [-0.2, 0) is 0 Å². The highest BCUT2D eigenvalue weighted by Crippen LogP contribution is 2.46. The summed E-state index contributed by atoms with van der Waals surface area (Å²) in [6.45, 7) is 0. The van der Waals surface area contributed by atoms with Crippen molar-refractivity contribution in [3.05, 3.63) is 188 Å². The number of para-hydroxylation sites is 3. The van der Waals surface area contributed by atoms with Crippen molar-refractivity contribution >= 4 is 81.4 Å². The van der Waals surface area contributed by atoms with Crippen molar-refractivity contribution in [2.24, 2.45) is 0 Å². The topological polar surface area (TPSA) is 42.2 Å². The van der Waals surface area contributed by atoms with Gasteiger partial charge in [-0.15, -0.1) is 11.3 Å². The molecule has 0 aliphatic heterocycles. The molecule has 0 spiro atoms. The average molecular weight is 736 g/mol. The third-order valence-electron chi connectivity index (χ3n) is 9.59. The summed E-state index contributed by atoms with van der Waals surface area (Å²) in [4.78, 5) is 11.4. The molecule has 0 radical (unpaired) electrons. The molecule has 0 fully saturated rings. The van der Waals surface area contributed by atoms with Crippen molar-refractivity contribution in [3.63, 3.8) is 0 Å². The van der Waals surface area contributed by atoms with E-state index in [2.05, 4.69) is 18.2 Å². The molecule has 0 saturated carbocycles. The van der Waals surface area contributed by atoms with Crippen LogP contribution < -0.4 is 4.90 Å². The molecule has 258 valence electrons. The van der Waals surface area contributed by atoms with Crippen LogP contribution in [0.4, 0.5) is 17.1 Å². The lowest BCUT2D eigenvalue weighted by molar-refractivity contribution is 0.669. The molecule has 0 aliphatic carbocycles. The smallest absolute Gasteiger partial charge is 0.160 e. The minimum Gasteiger partial charge on any atom is -0.454 e. The molecule has 0 bridgehead atoms. The van der Waals surface area contributed by atoms with Gasteiger partial charge in [-0.3, -0.25) is 0 Å². The molecule has 8 aromatic carbocycles. The zero-order chi connectivity index (χ0) is 48.5. The maximum atomic E-state index is 9.41. The Labute approximate surface area is 340 Å². The van der Waals surface area contributed by atoms with Gasteiger partial charge in [-0.05, 0) is 58.7 Å². The first kappa shape index (κ1) is 20.4. The molecule has 0 amide bonds. The molecular weight excluding hydrogens is 691 g/mol. The van der Waals surface area contributed by atoms with Gasteiger partial charge in [0.25, 0.3) is 0 Å².